The van der Waals surface area contributed by atoms with Gasteiger partial charge in [-0.25, -0.2) is 0 Å². The standard InChI is InChI=1S/C17H12BrCl2NO3/c18-11-2-4-15-13(7-11)17(23-5-6-24-17)16(22)21(15)9-10-1-3-12(19)8-14(10)20/h1-4,7-8H,5-6,9H2. The van der Waals surface area contributed by atoms with Crippen molar-refractivity contribution < 1.29 is 14.3 Å². The maximum absolute atomic E-state index is 13.1. The molecule has 2 aromatic rings. The van der Waals surface area contributed by atoms with Gasteiger partial charge in [-0.2, -0.15) is 0 Å². The molecule has 1 saturated heterocycles. The van der Waals surface area contributed by atoms with E-state index in [0.29, 0.717) is 35.4 Å². The first-order valence-electron chi connectivity index (χ1n) is 7.35. The molecule has 4 nitrogen and oxygen atoms in total. The zero-order chi connectivity index (χ0) is 16.9. The Bertz CT molecular complexity index is 837. The molecular formula is C17H12BrCl2NO3. The van der Waals surface area contributed by atoms with Crippen molar-refractivity contribution in [3.8, 4) is 0 Å². The largest absolute Gasteiger partial charge is 0.336 e. The second-order valence-electron chi connectivity index (χ2n) is 5.60. The second-order valence-corrected chi connectivity index (χ2v) is 7.36. The molecule has 7 heteroatoms. The number of anilines is 1. The van der Waals surface area contributed by atoms with Crippen molar-refractivity contribution in [1.82, 2.24) is 0 Å². The SMILES string of the molecule is O=C1N(Cc2ccc(Cl)cc2Cl)c2ccc(Br)cc2C12OCCO2. The highest BCUT2D eigenvalue weighted by Crippen LogP contribution is 2.47. The summed E-state index contributed by atoms with van der Waals surface area (Å²) in [6.07, 6.45) is 0. The number of carbonyl (C=O) groups is 1. The van der Waals surface area contributed by atoms with Gasteiger partial charge in [-0.3, -0.25) is 4.79 Å². The summed E-state index contributed by atoms with van der Waals surface area (Å²) in [6, 6.07) is 10.9. The van der Waals surface area contributed by atoms with E-state index in [9.17, 15) is 4.79 Å². The van der Waals surface area contributed by atoms with Crippen LogP contribution in [0, 0.1) is 0 Å². The lowest BCUT2D eigenvalue weighted by Crippen LogP contribution is -2.40. The van der Waals surface area contributed by atoms with E-state index in [-0.39, 0.29) is 5.91 Å². The number of hydrogen-bond acceptors (Lipinski definition) is 3. The number of nitrogens with zero attached hydrogens (tertiary/aromatic N) is 1. The molecule has 0 aromatic heterocycles. The Kier molecular flexibility index (Phi) is 4.09. The number of hydrogen-bond donors (Lipinski definition) is 0. The third-order valence-electron chi connectivity index (χ3n) is 4.17. The van der Waals surface area contributed by atoms with Crippen LogP contribution in [-0.4, -0.2) is 19.1 Å². The Hall–Kier alpha value is -1.11. The molecule has 0 aliphatic carbocycles. The van der Waals surface area contributed by atoms with Crippen molar-refractivity contribution in [2.45, 2.75) is 12.3 Å². The van der Waals surface area contributed by atoms with E-state index in [2.05, 4.69) is 15.9 Å². The first kappa shape index (κ1) is 16.4. The minimum atomic E-state index is -1.35. The molecule has 1 spiro atoms. The Morgan fingerprint density at radius 2 is 1.88 bits per heavy atom. The van der Waals surface area contributed by atoms with Gasteiger partial charge in [-0.05, 0) is 35.9 Å². The van der Waals surface area contributed by atoms with Crippen LogP contribution in [0.2, 0.25) is 10.0 Å². The number of amides is 1. The molecule has 1 fully saturated rings. The highest BCUT2D eigenvalue weighted by Gasteiger charge is 2.56. The van der Waals surface area contributed by atoms with Crippen LogP contribution >= 0.6 is 39.1 Å². The zero-order valence-electron chi connectivity index (χ0n) is 12.4. The maximum Gasteiger partial charge on any atom is 0.292 e. The van der Waals surface area contributed by atoms with Crippen LogP contribution < -0.4 is 4.90 Å². The lowest BCUT2D eigenvalue weighted by molar-refractivity contribution is -0.180. The fourth-order valence-corrected chi connectivity index (χ4v) is 3.91. The van der Waals surface area contributed by atoms with E-state index in [4.69, 9.17) is 32.7 Å². The van der Waals surface area contributed by atoms with E-state index in [1.165, 1.54) is 0 Å². The third-order valence-corrected chi connectivity index (χ3v) is 5.25. The van der Waals surface area contributed by atoms with Gasteiger partial charge in [0.1, 0.15) is 0 Å². The molecular weight excluding hydrogens is 417 g/mol. The van der Waals surface area contributed by atoms with Crippen molar-refractivity contribution in [2.24, 2.45) is 0 Å². The number of carbonyl (C=O) groups excluding carboxylic acids is 1. The maximum atomic E-state index is 13.1. The molecule has 4 rings (SSSR count). The van der Waals surface area contributed by atoms with Crippen LogP contribution in [0.3, 0.4) is 0 Å². The molecule has 1 amide bonds. The second kappa shape index (κ2) is 6.00. The molecule has 0 N–H and O–H groups in total. The van der Waals surface area contributed by atoms with Gasteiger partial charge in [0.15, 0.2) is 0 Å². The molecule has 124 valence electrons. The fourth-order valence-electron chi connectivity index (χ4n) is 3.08. The number of fused-ring (bicyclic) bond motifs is 2. The highest BCUT2D eigenvalue weighted by molar-refractivity contribution is 9.10. The summed E-state index contributed by atoms with van der Waals surface area (Å²) >= 11 is 15.7. The van der Waals surface area contributed by atoms with Gasteiger partial charge in [0, 0.05) is 20.1 Å². The van der Waals surface area contributed by atoms with E-state index in [1.807, 2.05) is 24.3 Å². The quantitative estimate of drug-likeness (QED) is 0.706. The van der Waals surface area contributed by atoms with Crippen LogP contribution in [0.25, 0.3) is 0 Å². The van der Waals surface area contributed by atoms with Crippen LogP contribution in [-0.2, 0) is 26.6 Å². The average molecular weight is 429 g/mol. The summed E-state index contributed by atoms with van der Waals surface area (Å²) < 4.78 is 12.3. The number of halogens is 3. The van der Waals surface area contributed by atoms with Gasteiger partial charge in [0.25, 0.3) is 11.7 Å². The average Bonchev–Trinajstić information content (AvgIpc) is 3.11. The highest BCUT2D eigenvalue weighted by atomic mass is 79.9. The molecule has 0 unspecified atom stereocenters. The van der Waals surface area contributed by atoms with Gasteiger partial charge < -0.3 is 14.4 Å². The van der Waals surface area contributed by atoms with Crippen LogP contribution in [0.4, 0.5) is 5.69 Å². The first-order chi connectivity index (χ1) is 11.5. The van der Waals surface area contributed by atoms with Crippen LogP contribution in [0.15, 0.2) is 40.9 Å². The van der Waals surface area contributed by atoms with Gasteiger partial charge in [0.2, 0.25) is 0 Å². The minimum Gasteiger partial charge on any atom is -0.336 e. The zero-order valence-corrected chi connectivity index (χ0v) is 15.5. The molecule has 2 aliphatic heterocycles. The molecule has 0 atom stereocenters. The number of benzene rings is 2. The third kappa shape index (κ3) is 2.47. The van der Waals surface area contributed by atoms with Gasteiger partial charge in [-0.15, -0.1) is 0 Å². The van der Waals surface area contributed by atoms with Crippen molar-refractivity contribution in [3.63, 3.8) is 0 Å². The Morgan fingerprint density at radius 3 is 2.58 bits per heavy atom. The van der Waals surface area contributed by atoms with Crippen molar-refractivity contribution in [1.29, 1.82) is 0 Å². The van der Waals surface area contributed by atoms with Crippen molar-refractivity contribution >= 4 is 50.7 Å². The lowest BCUT2D eigenvalue weighted by atomic mass is 10.1. The van der Waals surface area contributed by atoms with E-state index in [0.717, 1.165) is 15.7 Å². The topological polar surface area (TPSA) is 38.8 Å². The Morgan fingerprint density at radius 1 is 1.12 bits per heavy atom. The molecule has 2 aromatic carbocycles. The predicted octanol–water partition coefficient (Wildman–Crippen LogP) is 4.50. The van der Waals surface area contributed by atoms with Crippen molar-refractivity contribution in [2.75, 3.05) is 18.1 Å². The Balaban J connectivity index is 1.78. The van der Waals surface area contributed by atoms with E-state index >= 15 is 0 Å². The summed E-state index contributed by atoms with van der Waals surface area (Å²) in [7, 11) is 0. The van der Waals surface area contributed by atoms with E-state index < -0.39 is 5.79 Å². The summed E-state index contributed by atoms with van der Waals surface area (Å²) in [5.74, 6) is -1.59. The van der Waals surface area contributed by atoms with Gasteiger partial charge >= 0.3 is 0 Å². The van der Waals surface area contributed by atoms with Gasteiger partial charge in [-0.1, -0.05) is 45.2 Å². The summed E-state index contributed by atoms with van der Waals surface area (Å²) in [6.45, 7) is 1.08. The fraction of sp³-hybridized carbons (Fsp3) is 0.235. The Labute approximate surface area is 157 Å². The number of ether oxygens (including phenoxy) is 2. The van der Waals surface area contributed by atoms with E-state index in [1.54, 1.807) is 17.0 Å². The van der Waals surface area contributed by atoms with Crippen LogP contribution in [0.1, 0.15) is 11.1 Å². The monoisotopic (exact) mass is 427 g/mol. The molecule has 24 heavy (non-hydrogen) atoms. The summed E-state index contributed by atoms with van der Waals surface area (Å²) in [5, 5.41) is 1.07. The molecule has 0 bridgehead atoms. The van der Waals surface area contributed by atoms with Gasteiger partial charge in [0.05, 0.1) is 25.4 Å². The molecule has 2 aliphatic rings. The summed E-state index contributed by atoms with van der Waals surface area (Å²) in [5.41, 5.74) is 2.28. The minimum absolute atomic E-state index is 0.237. The smallest absolute Gasteiger partial charge is 0.292 e. The summed E-state index contributed by atoms with van der Waals surface area (Å²) in [4.78, 5) is 14.7. The predicted molar refractivity (Wildman–Crippen MR) is 95.4 cm³/mol. The number of rotatable bonds is 2. The lowest BCUT2D eigenvalue weighted by Gasteiger charge is -2.22. The molecule has 0 saturated carbocycles. The first-order valence-corrected chi connectivity index (χ1v) is 8.90. The molecule has 0 radical (unpaired) electrons. The molecule has 2 heterocycles. The normalized spacial score (nSPS) is 18.5. The van der Waals surface area contributed by atoms with Crippen molar-refractivity contribution in [3.05, 3.63) is 62.0 Å². The van der Waals surface area contributed by atoms with Crippen LogP contribution in [0.5, 0.6) is 0 Å².